The van der Waals surface area contributed by atoms with E-state index in [1.165, 1.54) is 18.2 Å². The molecule has 3 aromatic rings. The molecule has 0 aliphatic rings. The lowest BCUT2D eigenvalue weighted by molar-refractivity contribution is -0.385. The number of esters is 1. The van der Waals surface area contributed by atoms with E-state index < -0.39 is 44.9 Å². The van der Waals surface area contributed by atoms with Crippen molar-refractivity contribution in [2.75, 3.05) is 16.6 Å². The molecular weight excluding hydrogens is 534 g/mol. The largest absolute Gasteiger partial charge is 0.507 e. The van der Waals surface area contributed by atoms with Crippen molar-refractivity contribution >= 4 is 54.9 Å². The van der Waals surface area contributed by atoms with Crippen LogP contribution in [0.4, 0.5) is 17.1 Å². The van der Waals surface area contributed by atoms with Crippen LogP contribution < -0.4 is 10.0 Å². The minimum atomic E-state index is -4.21. The number of nitro benzene ring substituents is 1. The first-order valence-electron chi connectivity index (χ1n) is 9.38. The van der Waals surface area contributed by atoms with Gasteiger partial charge in [-0.25, -0.2) is 13.2 Å². The molecule has 0 fully saturated rings. The first kappa shape index (κ1) is 24.7. The number of carbonyl (C=O) groups excluding carboxylic acids is 2. The smallest absolute Gasteiger partial charge is 0.342 e. The fourth-order valence-corrected chi connectivity index (χ4v) is 4.21. The highest BCUT2D eigenvalue weighted by Crippen LogP contribution is 2.26. The quantitative estimate of drug-likeness (QED) is 0.217. The summed E-state index contributed by atoms with van der Waals surface area (Å²) in [6.07, 6.45) is 0. The predicted octanol–water partition coefficient (Wildman–Crippen LogP) is 3.66. The average molecular weight is 550 g/mol. The lowest BCUT2D eigenvalue weighted by Gasteiger charge is -2.11. The Morgan fingerprint density at radius 3 is 2.44 bits per heavy atom. The molecule has 34 heavy (non-hydrogen) atoms. The monoisotopic (exact) mass is 549 g/mol. The molecule has 0 bridgehead atoms. The SMILES string of the molecule is O=C(COC(=O)c1ccc(NS(=O)(=O)c2cccc([N+](=O)[O-])c2)cc1O)Nc1cccc(Br)c1. The van der Waals surface area contributed by atoms with Crippen LogP contribution in [0.1, 0.15) is 10.4 Å². The Bertz CT molecular complexity index is 1380. The molecule has 0 aliphatic heterocycles. The Kier molecular flexibility index (Phi) is 7.48. The zero-order valence-electron chi connectivity index (χ0n) is 17.1. The predicted molar refractivity (Wildman–Crippen MR) is 125 cm³/mol. The molecule has 0 radical (unpaired) electrons. The molecule has 0 aromatic heterocycles. The van der Waals surface area contributed by atoms with E-state index in [0.717, 1.165) is 28.7 Å². The van der Waals surface area contributed by atoms with E-state index in [9.17, 15) is 33.2 Å². The van der Waals surface area contributed by atoms with Crippen LogP contribution in [0, 0.1) is 10.1 Å². The summed E-state index contributed by atoms with van der Waals surface area (Å²) in [4.78, 5) is 34.0. The summed E-state index contributed by atoms with van der Waals surface area (Å²) in [6.45, 7) is -0.619. The minimum Gasteiger partial charge on any atom is -0.507 e. The van der Waals surface area contributed by atoms with Crippen LogP contribution in [0.5, 0.6) is 5.75 Å². The Labute approximate surface area is 201 Å². The maximum Gasteiger partial charge on any atom is 0.342 e. The van der Waals surface area contributed by atoms with Crippen molar-refractivity contribution in [3.05, 3.63) is 86.9 Å². The van der Waals surface area contributed by atoms with Crippen molar-refractivity contribution in [2.24, 2.45) is 0 Å². The van der Waals surface area contributed by atoms with Crippen LogP contribution in [0.3, 0.4) is 0 Å². The number of aromatic hydroxyl groups is 1. The van der Waals surface area contributed by atoms with Gasteiger partial charge >= 0.3 is 5.97 Å². The molecule has 0 saturated carbocycles. The van der Waals surface area contributed by atoms with E-state index >= 15 is 0 Å². The Morgan fingerprint density at radius 2 is 1.76 bits per heavy atom. The molecule has 11 nitrogen and oxygen atoms in total. The molecule has 13 heteroatoms. The highest BCUT2D eigenvalue weighted by molar-refractivity contribution is 9.10. The average Bonchev–Trinajstić information content (AvgIpc) is 2.77. The lowest BCUT2D eigenvalue weighted by atomic mass is 10.2. The number of carbonyl (C=O) groups is 2. The zero-order valence-corrected chi connectivity index (χ0v) is 19.5. The van der Waals surface area contributed by atoms with Gasteiger partial charge in [-0.3, -0.25) is 19.6 Å². The summed E-state index contributed by atoms with van der Waals surface area (Å²) < 4.78 is 32.8. The van der Waals surface area contributed by atoms with Gasteiger partial charge in [-0.1, -0.05) is 28.1 Å². The molecule has 3 aromatic carbocycles. The number of rotatable bonds is 8. The van der Waals surface area contributed by atoms with Crippen molar-refractivity contribution in [1.29, 1.82) is 0 Å². The first-order valence-corrected chi connectivity index (χ1v) is 11.7. The highest BCUT2D eigenvalue weighted by Gasteiger charge is 2.20. The van der Waals surface area contributed by atoms with Gasteiger partial charge in [0.25, 0.3) is 21.6 Å². The molecular formula is C21H16BrN3O8S. The van der Waals surface area contributed by atoms with E-state index in [-0.39, 0.29) is 16.1 Å². The number of hydrogen-bond acceptors (Lipinski definition) is 8. The number of benzene rings is 3. The Hall–Kier alpha value is -3.97. The van der Waals surface area contributed by atoms with E-state index in [1.54, 1.807) is 24.3 Å². The third-order valence-electron chi connectivity index (χ3n) is 4.25. The van der Waals surface area contributed by atoms with E-state index in [2.05, 4.69) is 26.0 Å². The number of nitro groups is 1. The van der Waals surface area contributed by atoms with Gasteiger partial charge in [0.05, 0.1) is 15.5 Å². The topological polar surface area (TPSA) is 165 Å². The van der Waals surface area contributed by atoms with Gasteiger partial charge in [-0.15, -0.1) is 0 Å². The molecule has 0 spiro atoms. The summed E-state index contributed by atoms with van der Waals surface area (Å²) in [5, 5.41) is 23.6. The summed E-state index contributed by atoms with van der Waals surface area (Å²) in [5.41, 5.74) is -0.326. The number of sulfonamides is 1. The number of halogens is 1. The van der Waals surface area contributed by atoms with Crippen molar-refractivity contribution in [2.45, 2.75) is 4.90 Å². The van der Waals surface area contributed by atoms with E-state index in [0.29, 0.717) is 5.69 Å². The second-order valence-corrected chi connectivity index (χ2v) is 9.32. The van der Waals surface area contributed by atoms with Gasteiger partial charge in [-0.2, -0.15) is 0 Å². The number of nitrogens with zero attached hydrogens (tertiary/aromatic N) is 1. The first-order chi connectivity index (χ1) is 16.0. The van der Waals surface area contributed by atoms with Gasteiger partial charge in [-0.05, 0) is 36.4 Å². The second kappa shape index (κ2) is 10.3. The number of non-ortho nitro benzene ring substituents is 1. The fraction of sp³-hybridized carbons (Fsp3) is 0.0476. The third-order valence-corrected chi connectivity index (χ3v) is 6.12. The van der Waals surface area contributed by atoms with Crippen molar-refractivity contribution in [3.8, 4) is 5.75 Å². The van der Waals surface area contributed by atoms with Crippen LogP contribution in [-0.4, -0.2) is 36.9 Å². The Morgan fingerprint density at radius 1 is 1.03 bits per heavy atom. The van der Waals surface area contributed by atoms with Gasteiger partial charge in [0, 0.05) is 28.4 Å². The van der Waals surface area contributed by atoms with Gasteiger partial charge in [0.2, 0.25) is 0 Å². The Balaban J connectivity index is 1.65. The fourth-order valence-electron chi connectivity index (χ4n) is 2.72. The summed E-state index contributed by atoms with van der Waals surface area (Å²) in [7, 11) is -4.21. The molecule has 3 rings (SSSR count). The van der Waals surface area contributed by atoms with Crippen LogP contribution >= 0.6 is 15.9 Å². The summed E-state index contributed by atoms with van der Waals surface area (Å²) >= 11 is 3.26. The molecule has 176 valence electrons. The number of ether oxygens (including phenoxy) is 1. The van der Waals surface area contributed by atoms with Crippen LogP contribution in [-0.2, 0) is 19.6 Å². The zero-order chi connectivity index (χ0) is 24.9. The van der Waals surface area contributed by atoms with Gasteiger partial charge in [0.1, 0.15) is 11.3 Å². The van der Waals surface area contributed by atoms with Crippen molar-refractivity contribution in [3.63, 3.8) is 0 Å². The maximum atomic E-state index is 12.5. The van der Waals surface area contributed by atoms with Gasteiger partial charge < -0.3 is 15.2 Å². The summed E-state index contributed by atoms with van der Waals surface area (Å²) in [6, 6.07) is 14.4. The normalized spacial score (nSPS) is 10.9. The molecule has 0 aliphatic carbocycles. The van der Waals surface area contributed by atoms with Crippen molar-refractivity contribution < 1.29 is 32.8 Å². The molecule has 0 unspecified atom stereocenters. The molecule has 0 atom stereocenters. The minimum absolute atomic E-state index is 0.104. The van der Waals surface area contributed by atoms with Crippen LogP contribution in [0.25, 0.3) is 0 Å². The number of nitrogens with one attached hydrogen (secondary N) is 2. The highest BCUT2D eigenvalue weighted by atomic mass is 79.9. The van der Waals surface area contributed by atoms with Crippen LogP contribution in [0.15, 0.2) is 76.1 Å². The number of hydrogen-bond donors (Lipinski definition) is 3. The lowest BCUT2D eigenvalue weighted by Crippen LogP contribution is -2.21. The summed E-state index contributed by atoms with van der Waals surface area (Å²) in [5.74, 6) is -2.21. The standard InChI is InChI=1S/C21H16BrN3O8S/c22-13-3-1-4-14(9-13)23-20(27)12-33-21(28)18-8-7-15(10-19(18)26)24-34(31,32)17-6-2-5-16(11-17)25(29)30/h1-11,24,26H,12H2,(H,23,27). The maximum absolute atomic E-state index is 12.5. The number of anilines is 2. The second-order valence-electron chi connectivity index (χ2n) is 6.73. The molecule has 0 saturated heterocycles. The number of amides is 1. The number of phenols is 1. The van der Waals surface area contributed by atoms with Crippen LogP contribution in [0.2, 0.25) is 0 Å². The van der Waals surface area contributed by atoms with E-state index in [1.807, 2.05) is 0 Å². The van der Waals surface area contributed by atoms with Crippen molar-refractivity contribution in [1.82, 2.24) is 0 Å². The van der Waals surface area contributed by atoms with E-state index in [4.69, 9.17) is 4.74 Å². The molecule has 1 amide bonds. The third kappa shape index (κ3) is 6.30. The molecule has 0 heterocycles. The molecule has 3 N–H and O–H groups in total. The van der Waals surface area contributed by atoms with Gasteiger partial charge in [0.15, 0.2) is 6.61 Å². The number of phenolic OH excluding ortho intramolecular Hbond substituents is 1.